The van der Waals surface area contributed by atoms with E-state index in [0.717, 1.165) is 11.8 Å². The van der Waals surface area contributed by atoms with E-state index in [4.69, 9.17) is 0 Å². The van der Waals surface area contributed by atoms with Crippen molar-refractivity contribution in [2.75, 3.05) is 40.3 Å². The number of likely N-dealkylation sites (tertiary alicyclic amines) is 2. The van der Waals surface area contributed by atoms with Gasteiger partial charge in [0.25, 0.3) is 0 Å². The van der Waals surface area contributed by atoms with Crippen molar-refractivity contribution in [1.29, 1.82) is 0 Å². The van der Waals surface area contributed by atoms with Gasteiger partial charge in [-0.2, -0.15) is 0 Å². The predicted octanol–water partition coefficient (Wildman–Crippen LogP) is 2.45. The Hall–Kier alpha value is -0.0800. The van der Waals surface area contributed by atoms with Crippen LogP contribution < -0.4 is 0 Å². The molecule has 0 spiro atoms. The quantitative estimate of drug-likeness (QED) is 0.726. The molecule has 0 bridgehead atoms. The molecule has 94 valence electrons. The molecule has 2 nitrogen and oxygen atoms in total. The van der Waals surface area contributed by atoms with Crippen molar-refractivity contribution in [3.8, 4) is 0 Å². The zero-order valence-electron chi connectivity index (χ0n) is 11.1. The Kier molecular flexibility index (Phi) is 4.66. The summed E-state index contributed by atoms with van der Waals surface area (Å²) in [5.41, 5.74) is 0. The minimum atomic E-state index is 1.04. The molecule has 2 heteroatoms. The number of hydrogen-bond acceptors (Lipinski definition) is 2. The van der Waals surface area contributed by atoms with Crippen LogP contribution in [-0.4, -0.2) is 50.1 Å². The van der Waals surface area contributed by atoms with Crippen LogP contribution in [0.2, 0.25) is 0 Å². The SMILES string of the molecule is CN1CCC(CCC2CCN(C)CC2)CC1. The molecule has 16 heavy (non-hydrogen) atoms. The Morgan fingerprint density at radius 1 is 0.688 bits per heavy atom. The molecule has 0 unspecified atom stereocenters. The number of nitrogens with zero attached hydrogens (tertiary/aromatic N) is 2. The maximum Gasteiger partial charge on any atom is -0.00191 e. The molecule has 2 aliphatic heterocycles. The van der Waals surface area contributed by atoms with Crippen molar-refractivity contribution < 1.29 is 0 Å². The summed E-state index contributed by atoms with van der Waals surface area (Å²) in [4.78, 5) is 4.96. The van der Waals surface area contributed by atoms with Crippen molar-refractivity contribution in [3.05, 3.63) is 0 Å². The Morgan fingerprint density at radius 2 is 1.00 bits per heavy atom. The average molecular weight is 224 g/mol. The molecule has 2 heterocycles. The van der Waals surface area contributed by atoms with Gasteiger partial charge in [-0.15, -0.1) is 0 Å². The normalized spacial score (nSPS) is 27.4. The van der Waals surface area contributed by atoms with Crippen molar-refractivity contribution in [2.45, 2.75) is 38.5 Å². The van der Waals surface area contributed by atoms with Crippen LogP contribution >= 0.6 is 0 Å². The molecule has 0 radical (unpaired) electrons. The summed E-state index contributed by atoms with van der Waals surface area (Å²) < 4.78 is 0. The number of hydrogen-bond donors (Lipinski definition) is 0. The third kappa shape index (κ3) is 3.74. The summed E-state index contributed by atoms with van der Waals surface area (Å²) in [5, 5.41) is 0. The Morgan fingerprint density at radius 3 is 1.31 bits per heavy atom. The van der Waals surface area contributed by atoms with E-state index in [2.05, 4.69) is 23.9 Å². The number of piperidine rings is 2. The largest absolute Gasteiger partial charge is 0.306 e. The van der Waals surface area contributed by atoms with Gasteiger partial charge in [0.2, 0.25) is 0 Å². The molecular formula is C14H28N2. The smallest absolute Gasteiger partial charge is 0.00191 e. The highest BCUT2D eigenvalue weighted by atomic mass is 15.1. The molecular weight excluding hydrogens is 196 g/mol. The van der Waals surface area contributed by atoms with E-state index in [9.17, 15) is 0 Å². The van der Waals surface area contributed by atoms with E-state index in [1.807, 2.05) is 0 Å². The fourth-order valence-corrected chi connectivity index (χ4v) is 3.17. The average Bonchev–Trinajstić information content (AvgIpc) is 2.30. The Balaban J connectivity index is 1.60. The van der Waals surface area contributed by atoms with Crippen LogP contribution in [-0.2, 0) is 0 Å². The fourth-order valence-electron chi connectivity index (χ4n) is 3.17. The van der Waals surface area contributed by atoms with Crippen LogP contribution in [0.25, 0.3) is 0 Å². The van der Waals surface area contributed by atoms with Gasteiger partial charge >= 0.3 is 0 Å². The molecule has 0 aliphatic carbocycles. The highest BCUT2D eigenvalue weighted by Gasteiger charge is 2.20. The number of rotatable bonds is 3. The van der Waals surface area contributed by atoms with E-state index in [1.54, 1.807) is 0 Å². The molecule has 0 aromatic rings. The first-order valence-electron chi connectivity index (χ1n) is 7.11. The predicted molar refractivity (Wildman–Crippen MR) is 69.7 cm³/mol. The van der Waals surface area contributed by atoms with E-state index in [0.29, 0.717) is 0 Å². The Labute approximate surface area is 101 Å². The molecule has 2 fully saturated rings. The lowest BCUT2D eigenvalue weighted by atomic mass is 9.85. The zero-order chi connectivity index (χ0) is 11.4. The van der Waals surface area contributed by atoms with Gasteiger partial charge < -0.3 is 9.80 Å². The third-order valence-electron chi connectivity index (χ3n) is 4.66. The minimum absolute atomic E-state index is 1.04. The highest BCUT2D eigenvalue weighted by Crippen LogP contribution is 2.27. The maximum atomic E-state index is 2.48. The summed E-state index contributed by atoms with van der Waals surface area (Å²) in [7, 11) is 4.51. The zero-order valence-corrected chi connectivity index (χ0v) is 11.1. The fraction of sp³-hybridized carbons (Fsp3) is 1.00. The summed E-state index contributed by atoms with van der Waals surface area (Å²) in [6.45, 7) is 5.33. The van der Waals surface area contributed by atoms with Gasteiger partial charge in [-0.3, -0.25) is 0 Å². The molecule has 2 rings (SSSR count). The molecule has 0 amide bonds. The first kappa shape index (κ1) is 12.4. The lowest BCUT2D eigenvalue weighted by Gasteiger charge is -2.32. The van der Waals surface area contributed by atoms with Crippen molar-refractivity contribution in [1.82, 2.24) is 9.80 Å². The van der Waals surface area contributed by atoms with Gasteiger partial charge in [0.15, 0.2) is 0 Å². The molecule has 0 aromatic heterocycles. The second-order valence-electron chi connectivity index (χ2n) is 6.07. The first-order valence-corrected chi connectivity index (χ1v) is 7.11. The second-order valence-corrected chi connectivity index (χ2v) is 6.07. The van der Waals surface area contributed by atoms with Gasteiger partial charge in [0.1, 0.15) is 0 Å². The summed E-state index contributed by atoms with van der Waals surface area (Å²) in [6, 6.07) is 0. The van der Waals surface area contributed by atoms with Gasteiger partial charge in [0.05, 0.1) is 0 Å². The molecule has 0 saturated carbocycles. The van der Waals surface area contributed by atoms with Crippen molar-refractivity contribution in [2.24, 2.45) is 11.8 Å². The van der Waals surface area contributed by atoms with Crippen LogP contribution in [0.15, 0.2) is 0 Å². The van der Waals surface area contributed by atoms with Crippen molar-refractivity contribution >= 4 is 0 Å². The second kappa shape index (κ2) is 6.02. The lowest BCUT2D eigenvalue weighted by Crippen LogP contribution is -2.32. The van der Waals surface area contributed by atoms with Crippen LogP contribution in [0, 0.1) is 11.8 Å². The van der Waals surface area contributed by atoms with E-state index < -0.39 is 0 Å². The van der Waals surface area contributed by atoms with Crippen LogP contribution in [0.1, 0.15) is 38.5 Å². The lowest BCUT2D eigenvalue weighted by molar-refractivity contribution is 0.178. The van der Waals surface area contributed by atoms with E-state index in [1.165, 1.54) is 64.7 Å². The molecule has 2 saturated heterocycles. The van der Waals surface area contributed by atoms with E-state index in [-0.39, 0.29) is 0 Å². The van der Waals surface area contributed by atoms with Crippen LogP contribution in [0.5, 0.6) is 0 Å². The minimum Gasteiger partial charge on any atom is -0.306 e. The van der Waals surface area contributed by atoms with Crippen LogP contribution in [0.3, 0.4) is 0 Å². The Bertz CT molecular complexity index is 167. The van der Waals surface area contributed by atoms with Crippen LogP contribution in [0.4, 0.5) is 0 Å². The van der Waals surface area contributed by atoms with Crippen molar-refractivity contribution in [3.63, 3.8) is 0 Å². The third-order valence-corrected chi connectivity index (χ3v) is 4.66. The van der Waals surface area contributed by atoms with E-state index >= 15 is 0 Å². The maximum absolute atomic E-state index is 2.48. The van der Waals surface area contributed by atoms with Gasteiger partial charge in [-0.25, -0.2) is 0 Å². The van der Waals surface area contributed by atoms with Gasteiger partial charge in [-0.1, -0.05) is 12.8 Å². The summed E-state index contributed by atoms with van der Waals surface area (Å²) in [6.07, 6.45) is 8.79. The topological polar surface area (TPSA) is 6.48 Å². The summed E-state index contributed by atoms with van der Waals surface area (Å²) in [5.74, 6) is 2.08. The molecule has 0 N–H and O–H groups in total. The molecule has 0 atom stereocenters. The first-order chi connectivity index (χ1) is 7.74. The monoisotopic (exact) mass is 224 g/mol. The molecule has 0 aromatic carbocycles. The molecule has 2 aliphatic rings. The summed E-state index contributed by atoms with van der Waals surface area (Å²) >= 11 is 0. The standard InChI is InChI=1S/C14H28N2/c1-15-9-5-13(6-10-15)3-4-14-7-11-16(2)12-8-14/h13-14H,3-12H2,1-2H3. The van der Waals surface area contributed by atoms with Gasteiger partial charge in [-0.05, 0) is 77.8 Å². The van der Waals surface area contributed by atoms with Gasteiger partial charge in [0, 0.05) is 0 Å². The highest BCUT2D eigenvalue weighted by molar-refractivity contribution is 4.74.